The lowest BCUT2D eigenvalue weighted by atomic mass is 9.86. The molecule has 1 saturated carbocycles. The minimum Gasteiger partial charge on any atom is -0.396 e. The van der Waals surface area contributed by atoms with Crippen LogP contribution in [0.3, 0.4) is 0 Å². The highest BCUT2D eigenvalue weighted by atomic mass is 35.5. The first kappa shape index (κ1) is 14.3. The average molecular weight is 286 g/mol. The molecule has 5 heteroatoms. The third-order valence-corrected chi connectivity index (χ3v) is 3.93. The third kappa shape index (κ3) is 3.67. The summed E-state index contributed by atoms with van der Waals surface area (Å²) in [4.78, 5) is 12.0. The van der Waals surface area contributed by atoms with Gasteiger partial charge in [0, 0.05) is 12.6 Å². The summed E-state index contributed by atoms with van der Waals surface area (Å²) in [6, 6.07) is 3.87. The highest BCUT2D eigenvalue weighted by Gasteiger charge is 2.22. The molecule has 2 rings (SSSR count). The fraction of sp³-hybridized carbons (Fsp3) is 0.500. The van der Waals surface area contributed by atoms with Crippen molar-refractivity contribution in [2.75, 3.05) is 6.61 Å². The zero-order valence-corrected chi connectivity index (χ0v) is 11.3. The van der Waals surface area contributed by atoms with E-state index in [-0.39, 0.29) is 23.6 Å². The lowest BCUT2D eigenvalue weighted by molar-refractivity contribution is 0.0914. The van der Waals surface area contributed by atoms with Crippen molar-refractivity contribution in [2.24, 2.45) is 5.92 Å². The molecule has 1 amide bonds. The average Bonchev–Trinajstić information content (AvgIpc) is 2.39. The highest BCUT2D eigenvalue weighted by Crippen LogP contribution is 2.24. The van der Waals surface area contributed by atoms with E-state index < -0.39 is 5.82 Å². The summed E-state index contributed by atoms with van der Waals surface area (Å²) >= 11 is 5.85. The Kier molecular flexibility index (Phi) is 4.77. The molecule has 104 valence electrons. The fourth-order valence-electron chi connectivity index (χ4n) is 2.43. The van der Waals surface area contributed by atoms with Crippen molar-refractivity contribution in [2.45, 2.75) is 31.7 Å². The van der Waals surface area contributed by atoms with Gasteiger partial charge < -0.3 is 10.4 Å². The first-order valence-corrected chi connectivity index (χ1v) is 6.84. The van der Waals surface area contributed by atoms with Crippen molar-refractivity contribution in [3.8, 4) is 0 Å². The van der Waals surface area contributed by atoms with E-state index >= 15 is 0 Å². The van der Waals surface area contributed by atoms with Crippen LogP contribution in [0.4, 0.5) is 4.39 Å². The quantitative estimate of drug-likeness (QED) is 0.897. The van der Waals surface area contributed by atoms with Crippen LogP contribution in [0.15, 0.2) is 18.2 Å². The fourth-order valence-corrected chi connectivity index (χ4v) is 2.68. The molecule has 0 aliphatic heterocycles. The standard InChI is InChI=1S/C14H17ClFNO2/c15-13-7-10(16)3-6-12(13)14(19)17-11-4-1-9(8-18)2-5-11/h3,6-7,9,11,18H,1-2,4-5,8H2,(H,17,19). The summed E-state index contributed by atoms with van der Waals surface area (Å²) < 4.78 is 12.9. The number of amides is 1. The van der Waals surface area contributed by atoms with Crippen molar-refractivity contribution >= 4 is 17.5 Å². The van der Waals surface area contributed by atoms with E-state index in [1.165, 1.54) is 12.1 Å². The maximum atomic E-state index is 12.9. The molecule has 0 heterocycles. The van der Waals surface area contributed by atoms with Crippen LogP contribution in [0.25, 0.3) is 0 Å². The number of halogens is 2. The Morgan fingerprint density at radius 2 is 2.05 bits per heavy atom. The summed E-state index contributed by atoms with van der Waals surface area (Å²) in [5.41, 5.74) is 0.298. The number of hydrogen-bond donors (Lipinski definition) is 2. The van der Waals surface area contributed by atoms with Gasteiger partial charge in [0.25, 0.3) is 5.91 Å². The lowest BCUT2D eigenvalue weighted by Crippen LogP contribution is -2.38. The lowest BCUT2D eigenvalue weighted by Gasteiger charge is -2.28. The van der Waals surface area contributed by atoms with Gasteiger partial charge in [-0.2, -0.15) is 0 Å². The Bertz CT molecular complexity index is 459. The second kappa shape index (κ2) is 6.35. The molecule has 1 aromatic carbocycles. The van der Waals surface area contributed by atoms with Crippen molar-refractivity contribution in [1.82, 2.24) is 5.32 Å². The number of benzene rings is 1. The molecule has 3 nitrogen and oxygen atoms in total. The normalized spacial score (nSPS) is 23.1. The number of rotatable bonds is 3. The zero-order valence-electron chi connectivity index (χ0n) is 10.5. The van der Waals surface area contributed by atoms with E-state index in [1.807, 2.05) is 0 Å². The van der Waals surface area contributed by atoms with Crippen LogP contribution in [0.5, 0.6) is 0 Å². The van der Waals surface area contributed by atoms with Gasteiger partial charge in [-0.05, 0) is 49.8 Å². The van der Waals surface area contributed by atoms with Gasteiger partial charge in [0.05, 0.1) is 10.6 Å². The Morgan fingerprint density at radius 1 is 1.37 bits per heavy atom. The second-order valence-corrected chi connectivity index (χ2v) is 5.41. The molecule has 19 heavy (non-hydrogen) atoms. The summed E-state index contributed by atoms with van der Waals surface area (Å²) in [7, 11) is 0. The number of nitrogens with one attached hydrogen (secondary N) is 1. The molecular weight excluding hydrogens is 269 g/mol. The molecule has 0 aromatic heterocycles. The summed E-state index contributed by atoms with van der Waals surface area (Å²) in [5.74, 6) is -0.370. The third-order valence-electron chi connectivity index (χ3n) is 3.62. The smallest absolute Gasteiger partial charge is 0.253 e. The van der Waals surface area contributed by atoms with Gasteiger partial charge in [0.1, 0.15) is 5.82 Å². The van der Waals surface area contributed by atoms with Crippen LogP contribution in [0, 0.1) is 11.7 Å². The number of carbonyl (C=O) groups excluding carboxylic acids is 1. The molecule has 1 aliphatic carbocycles. The van der Waals surface area contributed by atoms with Crippen molar-refractivity contribution in [3.05, 3.63) is 34.6 Å². The Balaban J connectivity index is 1.94. The van der Waals surface area contributed by atoms with E-state index in [2.05, 4.69) is 5.32 Å². The van der Waals surface area contributed by atoms with Crippen LogP contribution < -0.4 is 5.32 Å². The molecule has 1 aromatic rings. The summed E-state index contributed by atoms with van der Waals surface area (Å²) in [5, 5.41) is 12.1. The number of hydrogen-bond acceptors (Lipinski definition) is 2. The predicted molar refractivity (Wildman–Crippen MR) is 71.7 cm³/mol. The minimum absolute atomic E-state index is 0.108. The van der Waals surface area contributed by atoms with E-state index in [4.69, 9.17) is 16.7 Å². The Hall–Kier alpha value is -1.13. The van der Waals surface area contributed by atoms with Gasteiger partial charge >= 0.3 is 0 Å². The van der Waals surface area contributed by atoms with Crippen LogP contribution >= 0.6 is 11.6 Å². The first-order chi connectivity index (χ1) is 9.10. The molecule has 0 unspecified atom stereocenters. The van der Waals surface area contributed by atoms with E-state index in [0.717, 1.165) is 31.7 Å². The maximum absolute atomic E-state index is 12.9. The first-order valence-electron chi connectivity index (χ1n) is 6.47. The topological polar surface area (TPSA) is 49.3 Å². The zero-order chi connectivity index (χ0) is 13.8. The van der Waals surface area contributed by atoms with Gasteiger partial charge in [0.2, 0.25) is 0 Å². The largest absolute Gasteiger partial charge is 0.396 e. The molecule has 1 aliphatic rings. The van der Waals surface area contributed by atoms with Gasteiger partial charge in [-0.25, -0.2) is 4.39 Å². The van der Waals surface area contributed by atoms with Gasteiger partial charge in [-0.15, -0.1) is 0 Å². The number of aliphatic hydroxyl groups is 1. The van der Waals surface area contributed by atoms with Crippen molar-refractivity contribution in [3.63, 3.8) is 0 Å². The Morgan fingerprint density at radius 3 is 2.63 bits per heavy atom. The molecule has 0 atom stereocenters. The minimum atomic E-state index is -0.454. The van der Waals surface area contributed by atoms with E-state index in [1.54, 1.807) is 0 Å². The second-order valence-electron chi connectivity index (χ2n) is 5.00. The van der Waals surface area contributed by atoms with E-state index in [9.17, 15) is 9.18 Å². The van der Waals surface area contributed by atoms with Crippen LogP contribution in [0.1, 0.15) is 36.0 Å². The van der Waals surface area contributed by atoms with Gasteiger partial charge in [-0.3, -0.25) is 4.79 Å². The summed E-state index contributed by atoms with van der Waals surface area (Å²) in [6.07, 6.45) is 3.54. The summed E-state index contributed by atoms with van der Waals surface area (Å²) in [6.45, 7) is 0.213. The SMILES string of the molecule is O=C(NC1CCC(CO)CC1)c1ccc(F)cc1Cl. The van der Waals surface area contributed by atoms with Crippen LogP contribution in [-0.2, 0) is 0 Å². The molecule has 1 fully saturated rings. The van der Waals surface area contributed by atoms with Crippen LogP contribution in [-0.4, -0.2) is 23.7 Å². The van der Waals surface area contributed by atoms with Crippen LogP contribution in [0.2, 0.25) is 5.02 Å². The van der Waals surface area contributed by atoms with Gasteiger partial charge in [0.15, 0.2) is 0 Å². The number of carbonyl (C=O) groups is 1. The molecule has 0 bridgehead atoms. The van der Waals surface area contributed by atoms with Crippen molar-refractivity contribution < 1.29 is 14.3 Å². The van der Waals surface area contributed by atoms with Crippen molar-refractivity contribution in [1.29, 1.82) is 0 Å². The molecule has 0 radical (unpaired) electrons. The van der Waals surface area contributed by atoms with E-state index in [0.29, 0.717) is 11.5 Å². The predicted octanol–water partition coefficient (Wildman–Crippen LogP) is 2.76. The maximum Gasteiger partial charge on any atom is 0.253 e. The molecule has 0 saturated heterocycles. The van der Waals surface area contributed by atoms with Gasteiger partial charge in [-0.1, -0.05) is 11.6 Å². The molecule has 2 N–H and O–H groups in total. The Labute approximate surface area is 116 Å². The monoisotopic (exact) mass is 285 g/mol. The number of aliphatic hydroxyl groups excluding tert-OH is 1. The highest BCUT2D eigenvalue weighted by molar-refractivity contribution is 6.33. The molecule has 0 spiro atoms. The molecular formula is C14H17ClFNO2.